The molecule has 0 atom stereocenters. The van der Waals surface area contributed by atoms with Gasteiger partial charge in [0.05, 0.1) is 5.56 Å². The van der Waals surface area contributed by atoms with Crippen molar-refractivity contribution >= 4 is 0 Å². The number of ether oxygens (including phenoxy) is 1. The van der Waals surface area contributed by atoms with Gasteiger partial charge in [0.25, 0.3) is 0 Å². The first-order valence-electron chi connectivity index (χ1n) is 9.77. The zero-order chi connectivity index (χ0) is 22.2. The highest BCUT2D eigenvalue weighted by molar-refractivity contribution is 5.30. The Labute approximate surface area is 177 Å². The lowest BCUT2D eigenvalue weighted by molar-refractivity contribution is -0.137. The summed E-state index contributed by atoms with van der Waals surface area (Å²) in [5.74, 6) is 6.84. The summed E-state index contributed by atoms with van der Waals surface area (Å²) >= 11 is 0. The first-order valence-corrected chi connectivity index (χ1v) is 9.77. The molecule has 0 aliphatic rings. The summed E-state index contributed by atoms with van der Waals surface area (Å²) in [6.45, 7) is 7.77. The van der Waals surface area contributed by atoms with Gasteiger partial charge in [-0.2, -0.15) is 13.2 Å². The second kappa shape index (κ2) is 10.4. The molecule has 0 saturated carbocycles. The van der Waals surface area contributed by atoms with Gasteiger partial charge in [0.2, 0.25) is 0 Å². The molecular weight excluding hydrogens is 387 g/mol. The molecule has 0 heterocycles. The van der Waals surface area contributed by atoms with Crippen LogP contribution in [0.4, 0.5) is 13.2 Å². The Hall–Kier alpha value is -2.71. The predicted octanol–water partition coefficient (Wildman–Crippen LogP) is 6.32. The maximum atomic E-state index is 12.8. The highest BCUT2D eigenvalue weighted by atomic mass is 19.4. The smallest absolute Gasteiger partial charge is 0.416 e. The Morgan fingerprint density at radius 3 is 2.40 bits per heavy atom. The second-order valence-electron chi connectivity index (χ2n) is 8.25. The summed E-state index contributed by atoms with van der Waals surface area (Å²) in [5, 5.41) is 0. The van der Waals surface area contributed by atoms with E-state index in [0.29, 0.717) is 11.3 Å². The maximum Gasteiger partial charge on any atom is 0.416 e. The lowest BCUT2D eigenvalue weighted by atomic mass is 9.98. The van der Waals surface area contributed by atoms with Crippen LogP contribution < -0.4 is 4.74 Å². The van der Waals surface area contributed by atoms with Gasteiger partial charge >= 0.3 is 6.18 Å². The summed E-state index contributed by atoms with van der Waals surface area (Å²) in [6.07, 6.45) is -0.462. The molecule has 2 nitrogen and oxygen atoms in total. The molecule has 0 aromatic heterocycles. The number of allylic oxidation sites excluding steroid dienone is 1. The number of nitrogens with zero attached hydrogens (tertiary/aromatic N) is 1. The SMILES string of the molecule is CN(C/C=C/C#CC(C)(C)C)Cc1cccc(OCc2cccc(C(F)(F)F)c2)c1. The van der Waals surface area contributed by atoms with Gasteiger partial charge in [0.15, 0.2) is 0 Å². The lowest BCUT2D eigenvalue weighted by Gasteiger charge is -2.15. The van der Waals surface area contributed by atoms with E-state index < -0.39 is 11.7 Å². The van der Waals surface area contributed by atoms with Crippen molar-refractivity contribution in [1.29, 1.82) is 0 Å². The van der Waals surface area contributed by atoms with Crippen molar-refractivity contribution in [3.8, 4) is 17.6 Å². The topological polar surface area (TPSA) is 12.5 Å². The molecule has 0 N–H and O–H groups in total. The molecule has 5 heteroatoms. The molecule has 0 fully saturated rings. The number of benzene rings is 2. The minimum Gasteiger partial charge on any atom is -0.489 e. The zero-order valence-corrected chi connectivity index (χ0v) is 17.9. The first kappa shape index (κ1) is 23.6. The van der Waals surface area contributed by atoms with E-state index in [2.05, 4.69) is 37.5 Å². The van der Waals surface area contributed by atoms with Crippen LogP contribution in [-0.4, -0.2) is 18.5 Å². The van der Waals surface area contributed by atoms with Crippen LogP contribution >= 0.6 is 0 Å². The van der Waals surface area contributed by atoms with Crippen LogP contribution in [0.25, 0.3) is 0 Å². The molecule has 2 aromatic carbocycles. The van der Waals surface area contributed by atoms with Gasteiger partial charge in [-0.25, -0.2) is 0 Å². The number of rotatable bonds is 7. The number of likely N-dealkylation sites (N-methyl/N-ethyl adjacent to an activating group) is 1. The van der Waals surface area contributed by atoms with Crippen molar-refractivity contribution in [2.75, 3.05) is 13.6 Å². The lowest BCUT2D eigenvalue weighted by Crippen LogP contribution is -2.17. The van der Waals surface area contributed by atoms with Crippen molar-refractivity contribution in [3.63, 3.8) is 0 Å². The van der Waals surface area contributed by atoms with Crippen LogP contribution in [0.5, 0.6) is 5.75 Å². The summed E-state index contributed by atoms with van der Waals surface area (Å²) in [6, 6.07) is 12.8. The minimum atomic E-state index is -4.35. The Kier molecular flexibility index (Phi) is 8.14. The Morgan fingerprint density at radius 2 is 1.70 bits per heavy atom. The van der Waals surface area contributed by atoms with Gasteiger partial charge in [-0.05, 0) is 69.3 Å². The molecule has 0 spiro atoms. The fourth-order valence-electron chi connectivity index (χ4n) is 2.66. The molecule has 2 rings (SSSR count). The summed E-state index contributed by atoms with van der Waals surface area (Å²) in [7, 11) is 2.01. The molecule has 0 aliphatic heterocycles. The Morgan fingerprint density at radius 1 is 1.00 bits per heavy atom. The first-order chi connectivity index (χ1) is 14.0. The van der Waals surface area contributed by atoms with Gasteiger partial charge < -0.3 is 4.74 Å². The Bertz CT molecular complexity index is 914. The van der Waals surface area contributed by atoms with Gasteiger partial charge in [-0.15, -0.1) is 0 Å². The number of halogens is 3. The van der Waals surface area contributed by atoms with Crippen LogP contribution in [0.3, 0.4) is 0 Å². The molecular formula is C25H28F3NO. The number of alkyl halides is 3. The van der Waals surface area contributed by atoms with Crippen LogP contribution in [0.1, 0.15) is 37.5 Å². The van der Waals surface area contributed by atoms with E-state index in [1.807, 2.05) is 37.4 Å². The molecule has 0 unspecified atom stereocenters. The molecule has 30 heavy (non-hydrogen) atoms. The fraction of sp³-hybridized carbons (Fsp3) is 0.360. The second-order valence-corrected chi connectivity index (χ2v) is 8.25. The highest BCUT2D eigenvalue weighted by Crippen LogP contribution is 2.29. The third-order valence-corrected chi connectivity index (χ3v) is 4.08. The van der Waals surface area contributed by atoms with Crippen molar-refractivity contribution < 1.29 is 17.9 Å². The van der Waals surface area contributed by atoms with E-state index in [4.69, 9.17) is 4.74 Å². The summed E-state index contributed by atoms with van der Waals surface area (Å²) in [4.78, 5) is 2.14. The van der Waals surface area contributed by atoms with Gasteiger partial charge in [-0.3, -0.25) is 4.90 Å². The van der Waals surface area contributed by atoms with Crippen molar-refractivity contribution in [1.82, 2.24) is 4.90 Å². The molecule has 2 aromatic rings. The van der Waals surface area contributed by atoms with Crippen LogP contribution in [-0.2, 0) is 19.3 Å². The summed E-state index contributed by atoms with van der Waals surface area (Å²) < 4.78 is 44.2. The largest absolute Gasteiger partial charge is 0.489 e. The van der Waals surface area contributed by atoms with E-state index in [9.17, 15) is 13.2 Å². The molecule has 160 valence electrons. The minimum absolute atomic E-state index is 0.00918. The molecule has 0 bridgehead atoms. The van der Waals surface area contributed by atoms with Gasteiger partial charge in [0, 0.05) is 18.5 Å². The van der Waals surface area contributed by atoms with Crippen molar-refractivity contribution in [2.45, 2.75) is 40.1 Å². The van der Waals surface area contributed by atoms with Crippen LogP contribution in [0, 0.1) is 17.3 Å². The molecule has 0 amide bonds. The van der Waals surface area contributed by atoms with E-state index in [-0.39, 0.29) is 12.0 Å². The standard InChI is InChI=1S/C25H28F3NO/c1-24(2,3)14-6-5-7-15-29(4)18-20-10-9-13-23(17-20)30-19-21-11-8-12-22(16-21)25(26,27)28/h5,7-13,16-17H,15,18-19H2,1-4H3/b7-5+. The van der Waals surface area contributed by atoms with Crippen molar-refractivity contribution in [2.24, 2.45) is 5.41 Å². The van der Waals surface area contributed by atoms with E-state index >= 15 is 0 Å². The van der Waals surface area contributed by atoms with E-state index in [0.717, 1.165) is 30.8 Å². The van der Waals surface area contributed by atoms with Crippen LogP contribution in [0.15, 0.2) is 60.7 Å². The van der Waals surface area contributed by atoms with Gasteiger partial charge in [-0.1, -0.05) is 42.2 Å². The molecule has 0 radical (unpaired) electrons. The predicted molar refractivity (Wildman–Crippen MR) is 115 cm³/mol. The quantitative estimate of drug-likeness (QED) is 0.491. The number of hydrogen-bond acceptors (Lipinski definition) is 2. The fourth-order valence-corrected chi connectivity index (χ4v) is 2.66. The number of hydrogen-bond donors (Lipinski definition) is 0. The molecule has 0 saturated heterocycles. The maximum absolute atomic E-state index is 12.8. The Balaban J connectivity index is 1.90. The zero-order valence-electron chi connectivity index (χ0n) is 17.9. The van der Waals surface area contributed by atoms with Crippen molar-refractivity contribution in [3.05, 3.63) is 77.4 Å². The molecule has 0 aliphatic carbocycles. The average Bonchev–Trinajstić information content (AvgIpc) is 2.65. The third-order valence-electron chi connectivity index (χ3n) is 4.08. The van der Waals surface area contributed by atoms with E-state index in [1.165, 1.54) is 6.07 Å². The summed E-state index contributed by atoms with van der Waals surface area (Å²) in [5.41, 5.74) is 0.867. The average molecular weight is 415 g/mol. The normalized spacial score (nSPS) is 12.1. The van der Waals surface area contributed by atoms with E-state index in [1.54, 1.807) is 12.1 Å². The van der Waals surface area contributed by atoms with Crippen LogP contribution in [0.2, 0.25) is 0 Å². The van der Waals surface area contributed by atoms with Gasteiger partial charge in [0.1, 0.15) is 12.4 Å². The third kappa shape index (κ3) is 8.75. The highest BCUT2D eigenvalue weighted by Gasteiger charge is 2.30. The monoisotopic (exact) mass is 415 g/mol.